The lowest BCUT2D eigenvalue weighted by Gasteiger charge is -2.13. The number of aryl methyl sites for hydroxylation is 1. The first-order valence-corrected chi connectivity index (χ1v) is 7.58. The molecule has 0 unspecified atom stereocenters. The van der Waals surface area contributed by atoms with Gasteiger partial charge in [0.15, 0.2) is 0 Å². The number of rotatable bonds is 7. The Morgan fingerprint density at radius 2 is 1.91 bits per heavy atom. The Morgan fingerprint density at radius 1 is 1.23 bits per heavy atom. The van der Waals surface area contributed by atoms with Crippen LogP contribution in [0.1, 0.15) is 50.3 Å². The van der Waals surface area contributed by atoms with Gasteiger partial charge in [-0.15, -0.1) is 6.58 Å². The van der Waals surface area contributed by atoms with Crippen LogP contribution in [0.15, 0.2) is 48.1 Å². The fourth-order valence-electron chi connectivity index (χ4n) is 2.45. The molecule has 0 aromatic heterocycles. The molecular weight excluding hydrogens is 268 g/mol. The molecule has 0 atom stereocenters. The Hall–Kier alpha value is -2.22. The lowest BCUT2D eigenvalue weighted by atomic mass is 9.92. The van der Waals surface area contributed by atoms with Crippen molar-refractivity contribution in [3.63, 3.8) is 0 Å². The minimum Gasteiger partial charge on any atom is -0.309 e. The summed E-state index contributed by atoms with van der Waals surface area (Å²) in [5.41, 5.74) is 7.28. The number of allylic oxidation sites excluding steroid dienone is 5. The van der Waals surface area contributed by atoms with Crippen molar-refractivity contribution in [1.29, 1.82) is 10.8 Å². The second kappa shape index (κ2) is 8.28. The standard InChI is InChI=1S/C20H26N2/c1-6-18(15(4)11-12-21)19-9-8-17(13-16(19)5)20(22)10-7-14(2)3/h6,8-9,11-13,21-22H,2,7,10H2,1,3-5H3/b15-11-,18-6+,21-12?,22-20?. The third kappa shape index (κ3) is 4.66. The highest BCUT2D eigenvalue weighted by molar-refractivity contribution is 5.99. The quantitative estimate of drug-likeness (QED) is 0.367. The molecule has 0 fully saturated rings. The molecule has 1 aromatic carbocycles. The lowest BCUT2D eigenvalue weighted by molar-refractivity contribution is 1.01. The minimum absolute atomic E-state index is 0.659. The molecule has 0 radical (unpaired) electrons. The van der Waals surface area contributed by atoms with Gasteiger partial charge in [0.05, 0.1) is 0 Å². The highest BCUT2D eigenvalue weighted by Gasteiger charge is 2.09. The highest BCUT2D eigenvalue weighted by atomic mass is 14.4. The Bertz CT molecular complexity index is 646. The van der Waals surface area contributed by atoms with Gasteiger partial charge in [-0.1, -0.05) is 23.8 Å². The maximum atomic E-state index is 8.20. The van der Waals surface area contributed by atoms with E-state index in [2.05, 4.69) is 31.7 Å². The summed E-state index contributed by atoms with van der Waals surface area (Å²) in [4.78, 5) is 0. The molecule has 1 rings (SSSR count). The molecule has 0 amide bonds. The van der Waals surface area contributed by atoms with E-state index in [-0.39, 0.29) is 0 Å². The molecular formula is C20H26N2. The van der Waals surface area contributed by atoms with Crippen LogP contribution in [0.2, 0.25) is 0 Å². The highest BCUT2D eigenvalue weighted by Crippen LogP contribution is 2.26. The van der Waals surface area contributed by atoms with Crippen LogP contribution in [0.5, 0.6) is 0 Å². The monoisotopic (exact) mass is 294 g/mol. The summed E-state index contributed by atoms with van der Waals surface area (Å²) < 4.78 is 0. The van der Waals surface area contributed by atoms with E-state index in [1.54, 1.807) is 6.08 Å². The molecule has 0 bridgehead atoms. The Kier molecular flexibility index (Phi) is 6.71. The van der Waals surface area contributed by atoms with Gasteiger partial charge in [0.2, 0.25) is 0 Å². The second-order valence-electron chi connectivity index (χ2n) is 5.68. The van der Waals surface area contributed by atoms with Crippen LogP contribution in [-0.2, 0) is 0 Å². The van der Waals surface area contributed by atoms with Gasteiger partial charge in [-0.2, -0.15) is 0 Å². The van der Waals surface area contributed by atoms with E-state index in [1.807, 2.05) is 26.8 Å². The molecule has 116 valence electrons. The predicted molar refractivity (Wildman–Crippen MR) is 98.2 cm³/mol. The van der Waals surface area contributed by atoms with Gasteiger partial charge in [-0.3, -0.25) is 0 Å². The van der Waals surface area contributed by atoms with Crippen molar-refractivity contribution >= 4 is 17.5 Å². The molecule has 0 aliphatic rings. The number of nitrogens with one attached hydrogen (secondary N) is 2. The van der Waals surface area contributed by atoms with E-state index in [0.29, 0.717) is 5.71 Å². The summed E-state index contributed by atoms with van der Waals surface area (Å²) in [5, 5.41) is 15.4. The van der Waals surface area contributed by atoms with Crippen molar-refractivity contribution in [2.45, 2.75) is 40.5 Å². The first kappa shape index (κ1) is 17.8. The third-order valence-corrected chi connectivity index (χ3v) is 3.71. The smallest absolute Gasteiger partial charge is 0.0389 e. The molecule has 1 aromatic rings. The second-order valence-corrected chi connectivity index (χ2v) is 5.68. The van der Waals surface area contributed by atoms with Gasteiger partial charge >= 0.3 is 0 Å². The van der Waals surface area contributed by atoms with E-state index in [0.717, 1.165) is 46.3 Å². The Labute approximate surface area is 134 Å². The Morgan fingerprint density at radius 3 is 2.41 bits per heavy atom. The molecule has 0 aliphatic carbocycles. The van der Waals surface area contributed by atoms with Crippen LogP contribution >= 0.6 is 0 Å². The maximum Gasteiger partial charge on any atom is 0.0389 e. The molecule has 0 aliphatic heterocycles. The fourth-order valence-corrected chi connectivity index (χ4v) is 2.45. The van der Waals surface area contributed by atoms with Gasteiger partial charge in [0.25, 0.3) is 0 Å². The van der Waals surface area contributed by atoms with Crippen molar-refractivity contribution in [2.75, 3.05) is 0 Å². The van der Waals surface area contributed by atoms with Gasteiger partial charge < -0.3 is 10.8 Å². The summed E-state index contributed by atoms with van der Waals surface area (Å²) in [6.07, 6.45) is 6.79. The zero-order chi connectivity index (χ0) is 16.7. The largest absolute Gasteiger partial charge is 0.309 e. The minimum atomic E-state index is 0.659. The van der Waals surface area contributed by atoms with Gasteiger partial charge in [0, 0.05) is 11.9 Å². The van der Waals surface area contributed by atoms with Crippen LogP contribution in [0.25, 0.3) is 5.57 Å². The molecule has 0 saturated carbocycles. The first-order chi connectivity index (χ1) is 10.4. The zero-order valence-electron chi connectivity index (χ0n) is 14.1. The average Bonchev–Trinajstić information content (AvgIpc) is 2.47. The summed E-state index contributed by atoms with van der Waals surface area (Å²) in [6, 6.07) is 6.18. The summed E-state index contributed by atoms with van der Waals surface area (Å²) >= 11 is 0. The van der Waals surface area contributed by atoms with Crippen LogP contribution in [0.3, 0.4) is 0 Å². The van der Waals surface area contributed by atoms with Gasteiger partial charge in [-0.05, 0) is 80.5 Å². The summed E-state index contributed by atoms with van der Waals surface area (Å²) in [6.45, 7) is 12.0. The van der Waals surface area contributed by atoms with Crippen LogP contribution in [0, 0.1) is 17.7 Å². The SMILES string of the molecule is C=C(C)CCC(=N)c1ccc(C(=C/C)/C(C)=C\C=N)c(C)c1. The first-order valence-electron chi connectivity index (χ1n) is 7.58. The molecule has 2 N–H and O–H groups in total. The van der Waals surface area contributed by atoms with E-state index in [1.165, 1.54) is 6.21 Å². The van der Waals surface area contributed by atoms with Crippen molar-refractivity contribution in [2.24, 2.45) is 0 Å². The van der Waals surface area contributed by atoms with Gasteiger partial charge in [-0.25, -0.2) is 0 Å². The Balaban J connectivity index is 3.08. The summed E-state index contributed by atoms with van der Waals surface area (Å²) in [7, 11) is 0. The third-order valence-electron chi connectivity index (χ3n) is 3.71. The normalized spacial score (nSPS) is 12.2. The molecule has 0 heterocycles. The molecule has 0 spiro atoms. The number of benzene rings is 1. The topological polar surface area (TPSA) is 47.7 Å². The van der Waals surface area contributed by atoms with Crippen molar-refractivity contribution in [3.8, 4) is 0 Å². The van der Waals surface area contributed by atoms with E-state index in [9.17, 15) is 0 Å². The summed E-state index contributed by atoms with van der Waals surface area (Å²) in [5.74, 6) is 0. The lowest BCUT2D eigenvalue weighted by Crippen LogP contribution is -2.01. The molecule has 0 saturated heterocycles. The van der Waals surface area contributed by atoms with Crippen LogP contribution in [0.4, 0.5) is 0 Å². The number of hydrogen-bond donors (Lipinski definition) is 2. The zero-order valence-corrected chi connectivity index (χ0v) is 14.1. The molecule has 22 heavy (non-hydrogen) atoms. The molecule has 2 heteroatoms. The molecule has 2 nitrogen and oxygen atoms in total. The fraction of sp³-hybridized carbons (Fsp3) is 0.300. The van der Waals surface area contributed by atoms with Crippen LogP contribution < -0.4 is 0 Å². The van der Waals surface area contributed by atoms with Crippen molar-refractivity contribution in [1.82, 2.24) is 0 Å². The van der Waals surface area contributed by atoms with E-state index >= 15 is 0 Å². The predicted octanol–water partition coefficient (Wildman–Crippen LogP) is 5.72. The van der Waals surface area contributed by atoms with E-state index < -0.39 is 0 Å². The number of hydrogen-bond acceptors (Lipinski definition) is 2. The van der Waals surface area contributed by atoms with E-state index in [4.69, 9.17) is 10.8 Å². The van der Waals surface area contributed by atoms with Crippen molar-refractivity contribution < 1.29 is 0 Å². The average molecular weight is 294 g/mol. The van der Waals surface area contributed by atoms with Crippen molar-refractivity contribution in [3.05, 3.63) is 64.8 Å². The van der Waals surface area contributed by atoms with Gasteiger partial charge in [0.1, 0.15) is 0 Å². The van der Waals surface area contributed by atoms with Crippen LogP contribution in [-0.4, -0.2) is 11.9 Å². The maximum absolute atomic E-state index is 8.20.